The molecule has 0 unspecified atom stereocenters. The van der Waals surface area contributed by atoms with Crippen molar-refractivity contribution in [2.75, 3.05) is 57.4 Å². The fourth-order valence-corrected chi connectivity index (χ4v) is 7.15. The number of quaternary nitrogens is 1. The van der Waals surface area contributed by atoms with Gasteiger partial charge in [0.1, 0.15) is 11.5 Å². The van der Waals surface area contributed by atoms with Crippen LogP contribution in [0.3, 0.4) is 0 Å². The van der Waals surface area contributed by atoms with Crippen LogP contribution < -0.4 is 37.9 Å². The molecule has 0 amide bonds. The molecule has 3 aromatic carbocycles. The Morgan fingerprint density at radius 1 is 0.688 bits per heavy atom. The first-order chi connectivity index (χ1) is 23.0. The second-order valence-corrected chi connectivity index (χ2v) is 12.9. The highest BCUT2D eigenvalue weighted by molar-refractivity contribution is 5.80. The van der Waals surface area contributed by atoms with Gasteiger partial charge < -0.3 is 41.2 Å². The minimum absolute atomic E-state index is 0. The van der Waals surface area contributed by atoms with E-state index in [1.165, 1.54) is 16.8 Å². The van der Waals surface area contributed by atoms with E-state index in [1.807, 2.05) is 48.5 Å². The molecule has 3 heterocycles. The monoisotopic (exact) mass is 666 g/mol. The van der Waals surface area contributed by atoms with Gasteiger partial charge >= 0.3 is 0 Å². The second kappa shape index (κ2) is 15.1. The van der Waals surface area contributed by atoms with Gasteiger partial charge in [0.15, 0.2) is 0 Å². The Balaban J connectivity index is 0.00000401. The van der Waals surface area contributed by atoms with Gasteiger partial charge in [-0.2, -0.15) is 0 Å². The maximum absolute atomic E-state index is 11.7. The number of fused-ring (bicyclic) bond motifs is 3. The van der Waals surface area contributed by atoms with Gasteiger partial charge in [-0.25, -0.2) is 0 Å². The van der Waals surface area contributed by atoms with E-state index in [2.05, 4.69) is 45.2 Å². The van der Waals surface area contributed by atoms with Gasteiger partial charge in [-0.1, -0.05) is 24.3 Å². The summed E-state index contributed by atoms with van der Waals surface area (Å²) in [6.45, 7) is 7.95. The van der Waals surface area contributed by atoms with Gasteiger partial charge in [-0.15, -0.1) is 0 Å². The molecule has 0 saturated carbocycles. The van der Waals surface area contributed by atoms with Crippen LogP contribution in [0.2, 0.25) is 0 Å². The Hall–Kier alpha value is -4.53. The second-order valence-electron chi connectivity index (χ2n) is 12.9. The van der Waals surface area contributed by atoms with Crippen LogP contribution in [-0.4, -0.2) is 66.9 Å². The smallest absolute Gasteiger partial charge is 0.248 e. The molecule has 1 aliphatic heterocycles. The minimum Gasteiger partial charge on any atom is -1.00 e. The number of pyridine rings is 2. The van der Waals surface area contributed by atoms with Gasteiger partial charge in [0, 0.05) is 35.5 Å². The number of H-pyrrole nitrogens is 2. The van der Waals surface area contributed by atoms with Crippen molar-refractivity contribution in [1.82, 2.24) is 9.97 Å². The molecule has 0 radical (unpaired) electrons. The first kappa shape index (κ1) is 33.4. The van der Waals surface area contributed by atoms with E-state index in [1.54, 1.807) is 12.1 Å². The van der Waals surface area contributed by atoms with Crippen molar-refractivity contribution < 1.29 is 26.4 Å². The Labute approximate surface area is 287 Å². The summed E-state index contributed by atoms with van der Waals surface area (Å²) >= 11 is 0. The van der Waals surface area contributed by atoms with Crippen LogP contribution in [0.1, 0.15) is 36.8 Å². The average Bonchev–Trinajstić information content (AvgIpc) is 3.58. The Bertz CT molecular complexity index is 1910. The normalized spacial score (nSPS) is 15.0. The van der Waals surface area contributed by atoms with E-state index in [-0.39, 0.29) is 23.5 Å². The van der Waals surface area contributed by atoms with Crippen molar-refractivity contribution >= 4 is 33.6 Å². The molecule has 0 spiro atoms. The van der Waals surface area contributed by atoms with Gasteiger partial charge in [0.25, 0.3) is 0 Å². The van der Waals surface area contributed by atoms with Crippen molar-refractivity contribution in [1.29, 1.82) is 0 Å². The number of benzene rings is 3. The third kappa shape index (κ3) is 7.77. The zero-order valence-corrected chi connectivity index (χ0v) is 28.0. The molecule has 8 nitrogen and oxygen atoms in total. The van der Waals surface area contributed by atoms with Gasteiger partial charge in [-0.3, -0.25) is 9.59 Å². The third-order valence-corrected chi connectivity index (χ3v) is 9.81. The van der Waals surface area contributed by atoms with Crippen LogP contribution in [0.25, 0.3) is 27.9 Å². The molecule has 7 rings (SSSR count). The van der Waals surface area contributed by atoms with Crippen LogP contribution in [0, 0.1) is 0 Å². The summed E-state index contributed by atoms with van der Waals surface area (Å²) in [5, 5.41) is 2.00. The fraction of sp³-hybridized carbons (Fsp3) is 0.333. The third-order valence-electron chi connectivity index (χ3n) is 9.81. The Kier molecular flexibility index (Phi) is 10.5. The van der Waals surface area contributed by atoms with Crippen molar-refractivity contribution in [2.24, 2.45) is 0 Å². The van der Waals surface area contributed by atoms with E-state index in [9.17, 15) is 9.59 Å². The molecule has 0 atom stereocenters. The van der Waals surface area contributed by atoms with E-state index >= 15 is 0 Å². The van der Waals surface area contributed by atoms with Crippen molar-refractivity contribution in [3.8, 4) is 11.5 Å². The summed E-state index contributed by atoms with van der Waals surface area (Å²) in [7, 11) is 0. The number of aromatic amines is 2. The number of anilines is 1. The summed E-state index contributed by atoms with van der Waals surface area (Å²) < 4.78 is 13.3. The highest BCUT2D eigenvalue weighted by atomic mass is 35.5. The SMILES string of the molecule is O=c1ccc2ccc(OCCCC[N+]3(CCCCOc4ccc5ccc(=O)[nH]c5c4)CCN(c4cccc5c4C=CC5)CC3)cc2[nH]1.[Cl-]. The molecule has 250 valence electrons. The number of piperazine rings is 1. The molecule has 1 fully saturated rings. The summed E-state index contributed by atoms with van der Waals surface area (Å²) in [4.78, 5) is 31.8. The minimum atomic E-state index is -0.102. The number of allylic oxidation sites excluding steroid dienone is 1. The van der Waals surface area contributed by atoms with E-state index in [0.29, 0.717) is 13.2 Å². The molecule has 0 bridgehead atoms. The molecule has 5 aromatic rings. The zero-order valence-electron chi connectivity index (χ0n) is 27.3. The molecular formula is C39H43ClN4O4. The number of ether oxygens (including phenoxy) is 2. The first-order valence-corrected chi connectivity index (χ1v) is 16.9. The quantitative estimate of drug-likeness (QED) is 0.149. The lowest BCUT2D eigenvalue weighted by Gasteiger charge is -2.46. The summed E-state index contributed by atoms with van der Waals surface area (Å²) in [6.07, 6.45) is 9.77. The molecule has 2 aromatic heterocycles. The molecule has 2 aliphatic rings. The Morgan fingerprint density at radius 2 is 1.25 bits per heavy atom. The number of hydrogen-bond acceptors (Lipinski definition) is 5. The lowest BCUT2D eigenvalue weighted by molar-refractivity contribution is -0.929. The summed E-state index contributed by atoms with van der Waals surface area (Å²) in [6, 6.07) is 25.3. The van der Waals surface area contributed by atoms with Crippen LogP contribution in [0.15, 0.2) is 94.5 Å². The zero-order chi connectivity index (χ0) is 32.1. The molecule has 48 heavy (non-hydrogen) atoms. The lowest BCUT2D eigenvalue weighted by atomic mass is 10.1. The van der Waals surface area contributed by atoms with Gasteiger partial charge in [0.2, 0.25) is 11.1 Å². The van der Waals surface area contributed by atoms with Crippen molar-refractivity contribution in [3.63, 3.8) is 0 Å². The maximum atomic E-state index is 11.7. The molecule has 1 saturated heterocycles. The molecular weight excluding hydrogens is 624 g/mol. The number of halogens is 1. The van der Waals surface area contributed by atoms with Gasteiger partial charge in [0.05, 0.1) is 63.5 Å². The van der Waals surface area contributed by atoms with E-state index in [0.717, 1.165) is 109 Å². The van der Waals surface area contributed by atoms with Crippen LogP contribution in [0.4, 0.5) is 5.69 Å². The van der Waals surface area contributed by atoms with E-state index in [4.69, 9.17) is 9.47 Å². The van der Waals surface area contributed by atoms with Crippen molar-refractivity contribution in [2.45, 2.75) is 32.1 Å². The van der Waals surface area contributed by atoms with Gasteiger partial charge in [-0.05, 0) is 90.9 Å². The first-order valence-electron chi connectivity index (χ1n) is 16.9. The number of aromatic nitrogens is 2. The van der Waals surface area contributed by atoms with E-state index < -0.39 is 0 Å². The maximum Gasteiger partial charge on any atom is 0.248 e. The van der Waals surface area contributed by atoms with Crippen LogP contribution in [-0.2, 0) is 6.42 Å². The van der Waals surface area contributed by atoms with Crippen molar-refractivity contribution in [3.05, 3.63) is 117 Å². The largest absolute Gasteiger partial charge is 1.00 e. The lowest BCUT2D eigenvalue weighted by Crippen LogP contribution is -3.00. The number of rotatable bonds is 13. The standard InChI is InChI=1S/C39H42N4O4.ClH/c44-38-17-13-30-11-15-32(27-35(30)40-38)46-25-3-1-21-43(23-19-42(20-24-43)37-10-6-8-29-7-5-9-34(29)37)22-2-4-26-47-33-16-12-31-14-18-39(45)41-36(31)28-33;/h5-6,8-18,27-28H,1-4,7,19-26H2,(H-,40,41,44,45);1H. The average molecular weight is 667 g/mol. The number of unbranched alkanes of at least 4 members (excludes halogenated alkanes) is 2. The highest BCUT2D eigenvalue weighted by Gasteiger charge is 2.33. The number of nitrogens with one attached hydrogen (secondary N) is 2. The fourth-order valence-electron chi connectivity index (χ4n) is 7.15. The summed E-state index contributed by atoms with van der Waals surface area (Å²) in [5.41, 5.74) is 5.61. The van der Waals surface area contributed by atoms with Crippen LogP contribution in [0.5, 0.6) is 11.5 Å². The Morgan fingerprint density at radius 3 is 1.83 bits per heavy atom. The predicted octanol–water partition coefficient (Wildman–Crippen LogP) is 3.30. The summed E-state index contributed by atoms with van der Waals surface area (Å²) in [5.74, 6) is 1.58. The predicted molar refractivity (Wildman–Crippen MR) is 190 cm³/mol. The van der Waals surface area contributed by atoms with Crippen LogP contribution >= 0.6 is 0 Å². The number of nitrogens with zero attached hydrogens (tertiary/aromatic N) is 2. The molecule has 1 aliphatic carbocycles. The highest BCUT2D eigenvalue weighted by Crippen LogP contribution is 2.32. The molecule has 2 N–H and O–H groups in total. The molecule has 9 heteroatoms. The number of hydrogen-bond donors (Lipinski definition) is 2. The topological polar surface area (TPSA) is 87.4 Å².